The zero-order valence-electron chi connectivity index (χ0n) is 16.7. The van der Waals surface area contributed by atoms with Gasteiger partial charge in [-0.15, -0.1) is 0 Å². The summed E-state index contributed by atoms with van der Waals surface area (Å²) >= 11 is 1.41. The number of carboxylic acids is 1. The molecule has 0 fully saturated rings. The second-order valence-corrected chi connectivity index (χ2v) is 8.47. The first kappa shape index (κ1) is 18.9. The van der Waals surface area contributed by atoms with E-state index < -0.39 is 5.97 Å². The predicted octanol–water partition coefficient (Wildman–Crippen LogP) is 5.00. The van der Waals surface area contributed by atoms with E-state index in [-0.39, 0.29) is 19.3 Å². The molecule has 2 aliphatic rings. The van der Waals surface area contributed by atoms with E-state index in [1.807, 2.05) is 65.2 Å². The van der Waals surface area contributed by atoms with Gasteiger partial charge >= 0.3 is 5.97 Å². The molecule has 0 spiro atoms. The van der Waals surface area contributed by atoms with Gasteiger partial charge in [0.25, 0.3) is 0 Å². The monoisotopic (exact) mass is 447 g/mol. The molecule has 0 atom stereocenters. The fraction of sp³-hybridized carbons (Fsp3) is 0.125. The number of hydrogen-bond acceptors (Lipinski definition) is 6. The van der Waals surface area contributed by atoms with Crippen LogP contribution in [0.2, 0.25) is 0 Å². The highest BCUT2D eigenvalue weighted by atomic mass is 32.2. The Kier molecular flexibility index (Phi) is 4.39. The summed E-state index contributed by atoms with van der Waals surface area (Å²) < 4.78 is 23.6. The molecule has 3 heterocycles. The summed E-state index contributed by atoms with van der Waals surface area (Å²) in [7, 11) is 0. The van der Waals surface area contributed by atoms with Crippen molar-refractivity contribution in [1.29, 1.82) is 0 Å². The summed E-state index contributed by atoms with van der Waals surface area (Å²) in [6.45, 7) is 0.779. The van der Waals surface area contributed by atoms with Crippen LogP contribution in [0.15, 0.2) is 70.5 Å². The lowest BCUT2D eigenvalue weighted by Gasteiger charge is -2.10. The van der Waals surface area contributed by atoms with Crippen molar-refractivity contribution in [2.24, 2.45) is 0 Å². The molecule has 6 rings (SSSR count). The number of benzene rings is 3. The number of para-hydroxylation sites is 1. The molecule has 0 saturated heterocycles. The van der Waals surface area contributed by atoms with Gasteiger partial charge in [-0.05, 0) is 42.0 Å². The summed E-state index contributed by atoms with van der Waals surface area (Å²) in [6.07, 6.45) is 0. The number of carboxylic acid groups (broad SMARTS) is 1. The maximum Gasteiger partial charge on any atom is 0.353 e. The minimum Gasteiger partial charge on any atom is -0.477 e. The number of hydrogen-bond donors (Lipinski definition) is 1. The van der Waals surface area contributed by atoms with E-state index in [0.717, 1.165) is 21.4 Å². The second kappa shape index (κ2) is 7.42. The summed E-state index contributed by atoms with van der Waals surface area (Å²) in [5.74, 6) is 1.74. The molecular formula is C24H17NO6S. The smallest absolute Gasteiger partial charge is 0.353 e. The number of carbonyl (C=O) groups is 1. The summed E-state index contributed by atoms with van der Waals surface area (Å²) in [5, 5.41) is 11.1. The Hall–Kier alpha value is -3.78. The number of ether oxygens (including phenoxy) is 4. The van der Waals surface area contributed by atoms with Crippen LogP contribution in [0.5, 0.6) is 23.0 Å². The van der Waals surface area contributed by atoms with Gasteiger partial charge in [-0.2, -0.15) is 0 Å². The third kappa shape index (κ3) is 3.11. The number of nitrogens with zero attached hydrogens (tertiary/aromatic N) is 1. The van der Waals surface area contributed by atoms with Crippen molar-refractivity contribution in [3.63, 3.8) is 0 Å². The van der Waals surface area contributed by atoms with Crippen LogP contribution in [-0.4, -0.2) is 29.2 Å². The Labute approximate surface area is 187 Å². The molecule has 2 aliphatic heterocycles. The number of fused-ring (bicyclic) bond motifs is 3. The first-order chi connectivity index (χ1) is 15.7. The van der Waals surface area contributed by atoms with Crippen LogP contribution in [0.3, 0.4) is 0 Å². The molecular weight excluding hydrogens is 430 g/mol. The van der Waals surface area contributed by atoms with Crippen LogP contribution in [-0.2, 0) is 6.54 Å². The second-order valence-electron chi connectivity index (χ2n) is 7.39. The fourth-order valence-electron chi connectivity index (χ4n) is 4.03. The van der Waals surface area contributed by atoms with Crippen LogP contribution in [0.25, 0.3) is 10.9 Å². The Balaban J connectivity index is 1.46. The van der Waals surface area contributed by atoms with Crippen molar-refractivity contribution in [1.82, 2.24) is 4.57 Å². The average molecular weight is 447 g/mol. The first-order valence-corrected chi connectivity index (χ1v) is 10.8. The molecule has 0 radical (unpaired) electrons. The third-order valence-electron chi connectivity index (χ3n) is 5.47. The van der Waals surface area contributed by atoms with Crippen molar-refractivity contribution in [2.45, 2.75) is 16.3 Å². The molecule has 160 valence electrons. The normalized spacial score (nSPS) is 13.6. The van der Waals surface area contributed by atoms with Crippen LogP contribution in [0.4, 0.5) is 0 Å². The van der Waals surface area contributed by atoms with Crippen molar-refractivity contribution in [2.75, 3.05) is 13.6 Å². The highest BCUT2D eigenvalue weighted by Gasteiger charge is 2.25. The topological polar surface area (TPSA) is 79.2 Å². The fourth-order valence-corrected chi connectivity index (χ4v) is 5.15. The lowest BCUT2D eigenvalue weighted by atomic mass is 10.2. The minimum absolute atomic E-state index is 0.193. The Morgan fingerprint density at radius 2 is 1.56 bits per heavy atom. The van der Waals surface area contributed by atoms with Crippen molar-refractivity contribution >= 4 is 28.6 Å². The highest BCUT2D eigenvalue weighted by molar-refractivity contribution is 7.99. The Bertz CT molecular complexity index is 1280. The van der Waals surface area contributed by atoms with Gasteiger partial charge in [-0.25, -0.2) is 4.79 Å². The van der Waals surface area contributed by atoms with Gasteiger partial charge in [-0.3, -0.25) is 0 Å². The van der Waals surface area contributed by atoms with Crippen LogP contribution >= 0.6 is 11.8 Å². The van der Waals surface area contributed by atoms with E-state index >= 15 is 0 Å². The van der Waals surface area contributed by atoms with Gasteiger partial charge in [0.1, 0.15) is 5.69 Å². The standard InChI is InChI=1S/C24H17NO6S/c26-24(27)22-23(32-15-6-8-19-21(10-15)31-13-29-19)16-3-1-2-4-17(16)25(22)11-14-5-7-18-20(9-14)30-12-28-18/h1-10H,11-13H2,(H,26,27). The summed E-state index contributed by atoms with van der Waals surface area (Å²) in [6, 6.07) is 19.0. The predicted molar refractivity (Wildman–Crippen MR) is 117 cm³/mol. The molecule has 7 nitrogen and oxygen atoms in total. The van der Waals surface area contributed by atoms with E-state index in [1.165, 1.54) is 11.8 Å². The molecule has 1 aromatic heterocycles. The summed E-state index contributed by atoms with van der Waals surface area (Å²) in [4.78, 5) is 14.0. The van der Waals surface area contributed by atoms with Gasteiger partial charge in [-0.1, -0.05) is 36.0 Å². The van der Waals surface area contributed by atoms with Crippen molar-refractivity contribution in [3.05, 3.63) is 71.9 Å². The Morgan fingerprint density at radius 1 is 0.875 bits per heavy atom. The number of aromatic carboxylic acids is 1. The molecule has 1 N–H and O–H groups in total. The van der Waals surface area contributed by atoms with Crippen LogP contribution < -0.4 is 18.9 Å². The van der Waals surface area contributed by atoms with E-state index in [0.29, 0.717) is 34.4 Å². The van der Waals surface area contributed by atoms with Crippen molar-refractivity contribution < 1.29 is 28.8 Å². The average Bonchev–Trinajstić information content (AvgIpc) is 3.52. The lowest BCUT2D eigenvalue weighted by Crippen LogP contribution is -2.10. The Morgan fingerprint density at radius 3 is 2.34 bits per heavy atom. The SMILES string of the molecule is O=C(O)c1c(Sc2ccc3c(c2)OCO3)c2ccccc2n1Cc1ccc2c(c1)OCO2. The van der Waals surface area contributed by atoms with Gasteiger partial charge < -0.3 is 28.6 Å². The maximum atomic E-state index is 12.4. The number of rotatable bonds is 5. The van der Waals surface area contributed by atoms with Crippen LogP contribution in [0.1, 0.15) is 16.1 Å². The van der Waals surface area contributed by atoms with Gasteiger partial charge in [0, 0.05) is 16.8 Å². The lowest BCUT2D eigenvalue weighted by molar-refractivity contribution is 0.0682. The van der Waals surface area contributed by atoms with Crippen LogP contribution in [0, 0.1) is 0 Å². The van der Waals surface area contributed by atoms with E-state index in [1.54, 1.807) is 0 Å². The molecule has 0 bridgehead atoms. The van der Waals surface area contributed by atoms with Gasteiger partial charge in [0.2, 0.25) is 13.6 Å². The zero-order valence-corrected chi connectivity index (χ0v) is 17.6. The molecule has 0 saturated carbocycles. The molecule has 32 heavy (non-hydrogen) atoms. The molecule has 4 aromatic rings. The molecule has 3 aromatic carbocycles. The highest BCUT2D eigenvalue weighted by Crippen LogP contribution is 2.43. The van der Waals surface area contributed by atoms with E-state index in [9.17, 15) is 9.90 Å². The summed E-state index contributed by atoms with van der Waals surface area (Å²) in [5.41, 5.74) is 2.02. The van der Waals surface area contributed by atoms with Gasteiger partial charge in [0.15, 0.2) is 23.0 Å². The molecule has 0 amide bonds. The minimum atomic E-state index is -0.981. The first-order valence-electron chi connectivity index (χ1n) is 9.98. The van der Waals surface area contributed by atoms with E-state index in [2.05, 4.69) is 0 Å². The zero-order chi connectivity index (χ0) is 21.7. The van der Waals surface area contributed by atoms with E-state index in [4.69, 9.17) is 18.9 Å². The largest absolute Gasteiger partial charge is 0.477 e. The molecule has 0 aliphatic carbocycles. The quantitative estimate of drug-likeness (QED) is 0.461. The maximum absolute atomic E-state index is 12.4. The van der Waals surface area contributed by atoms with Gasteiger partial charge in [0.05, 0.1) is 10.4 Å². The molecule has 8 heteroatoms. The third-order valence-corrected chi connectivity index (χ3v) is 6.58. The number of aromatic nitrogens is 1. The molecule has 0 unspecified atom stereocenters. The van der Waals surface area contributed by atoms with Crippen molar-refractivity contribution in [3.8, 4) is 23.0 Å².